The summed E-state index contributed by atoms with van der Waals surface area (Å²) in [5.74, 6) is 1.21. The fraction of sp³-hybridized carbons (Fsp3) is 0.357. The zero-order valence-corrected chi connectivity index (χ0v) is 10.7. The summed E-state index contributed by atoms with van der Waals surface area (Å²) in [6.45, 7) is 2.18. The van der Waals surface area contributed by atoms with Crippen LogP contribution in [0, 0.1) is 5.92 Å². The van der Waals surface area contributed by atoms with Gasteiger partial charge in [-0.1, -0.05) is 12.1 Å². The van der Waals surface area contributed by atoms with Gasteiger partial charge in [-0.05, 0) is 30.9 Å². The molecular weight excluding hydrogens is 242 g/mol. The van der Waals surface area contributed by atoms with Crippen molar-refractivity contribution in [2.75, 3.05) is 5.32 Å². The number of nitrogens with one attached hydrogen (secondary N) is 1. The number of hydrogen-bond acceptors (Lipinski definition) is 4. The second-order valence-electron chi connectivity index (χ2n) is 4.97. The average molecular weight is 257 g/mol. The van der Waals surface area contributed by atoms with Crippen molar-refractivity contribution < 1.29 is 9.32 Å². The number of pyridine rings is 1. The van der Waals surface area contributed by atoms with Crippen LogP contribution in [0.3, 0.4) is 0 Å². The van der Waals surface area contributed by atoms with Crippen LogP contribution in [-0.2, 0) is 12.8 Å². The van der Waals surface area contributed by atoms with Gasteiger partial charge in [0, 0.05) is 30.1 Å². The molecule has 0 aliphatic heterocycles. The Bertz CT molecular complexity index is 592. The Hall–Kier alpha value is -2.17. The van der Waals surface area contributed by atoms with Gasteiger partial charge in [-0.25, -0.2) is 0 Å². The molecule has 19 heavy (non-hydrogen) atoms. The third-order valence-electron chi connectivity index (χ3n) is 3.44. The SMILES string of the molecule is C[C@@H]1CCc2onc(C(=O)Nc3ccncc3)c2C1. The fourth-order valence-corrected chi connectivity index (χ4v) is 2.38. The van der Waals surface area contributed by atoms with Gasteiger partial charge < -0.3 is 9.84 Å². The van der Waals surface area contributed by atoms with Gasteiger partial charge in [0.15, 0.2) is 5.69 Å². The highest BCUT2D eigenvalue weighted by molar-refractivity contribution is 6.03. The van der Waals surface area contributed by atoms with E-state index in [0.29, 0.717) is 17.3 Å². The molecule has 0 aromatic carbocycles. The minimum Gasteiger partial charge on any atom is -0.360 e. The van der Waals surface area contributed by atoms with Gasteiger partial charge in [-0.3, -0.25) is 9.78 Å². The quantitative estimate of drug-likeness (QED) is 0.897. The number of rotatable bonds is 2. The number of amides is 1. The van der Waals surface area contributed by atoms with Crippen molar-refractivity contribution in [2.45, 2.75) is 26.2 Å². The highest BCUT2D eigenvalue weighted by Gasteiger charge is 2.26. The van der Waals surface area contributed by atoms with Crippen LogP contribution < -0.4 is 5.32 Å². The van der Waals surface area contributed by atoms with E-state index in [1.54, 1.807) is 24.5 Å². The molecule has 1 amide bonds. The lowest BCUT2D eigenvalue weighted by atomic mass is 9.88. The molecule has 1 N–H and O–H groups in total. The maximum absolute atomic E-state index is 12.2. The summed E-state index contributed by atoms with van der Waals surface area (Å²) in [6.07, 6.45) is 6.09. The Balaban J connectivity index is 1.83. The smallest absolute Gasteiger partial charge is 0.278 e. The molecule has 2 aromatic heterocycles. The number of carbonyl (C=O) groups excluding carboxylic acids is 1. The highest BCUT2D eigenvalue weighted by atomic mass is 16.5. The molecule has 1 aliphatic rings. The van der Waals surface area contributed by atoms with E-state index in [0.717, 1.165) is 30.6 Å². The van der Waals surface area contributed by atoms with Gasteiger partial charge in [0.05, 0.1) is 0 Å². The Morgan fingerprint density at radius 2 is 2.21 bits per heavy atom. The summed E-state index contributed by atoms with van der Waals surface area (Å²) in [6, 6.07) is 3.49. The van der Waals surface area contributed by atoms with Crippen LogP contribution in [0.1, 0.15) is 35.2 Å². The molecule has 3 rings (SSSR count). The summed E-state index contributed by atoms with van der Waals surface area (Å²) in [5.41, 5.74) is 2.09. The molecule has 0 bridgehead atoms. The topological polar surface area (TPSA) is 68.0 Å². The van der Waals surface area contributed by atoms with Crippen LogP contribution >= 0.6 is 0 Å². The molecule has 0 saturated carbocycles. The highest BCUT2D eigenvalue weighted by Crippen LogP contribution is 2.28. The maximum Gasteiger partial charge on any atom is 0.278 e. The third kappa shape index (κ3) is 2.36. The van der Waals surface area contributed by atoms with Crippen LogP contribution in [-0.4, -0.2) is 16.0 Å². The van der Waals surface area contributed by atoms with Gasteiger partial charge in [0.1, 0.15) is 5.76 Å². The second kappa shape index (κ2) is 4.84. The summed E-state index contributed by atoms with van der Waals surface area (Å²) in [4.78, 5) is 16.1. The minimum atomic E-state index is -0.217. The minimum absolute atomic E-state index is 0.217. The first-order valence-corrected chi connectivity index (χ1v) is 6.43. The number of aromatic nitrogens is 2. The summed E-state index contributed by atoms with van der Waals surface area (Å²) < 4.78 is 5.27. The second-order valence-corrected chi connectivity index (χ2v) is 4.97. The van der Waals surface area contributed by atoms with Crippen molar-refractivity contribution in [1.82, 2.24) is 10.1 Å². The molecular formula is C14H15N3O2. The van der Waals surface area contributed by atoms with E-state index in [2.05, 4.69) is 22.4 Å². The van der Waals surface area contributed by atoms with Crippen LogP contribution in [0.4, 0.5) is 5.69 Å². The van der Waals surface area contributed by atoms with E-state index in [1.807, 2.05) is 0 Å². The largest absolute Gasteiger partial charge is 0.360 e. The van der Waals surface area contributed by atoms with E-state index in [-0.39, 0.29) is 5.91 Å². The molecule has 0 saturated heterocycles. The van der Waals surface area contributed by atoms with E-state index >= 15 is 0 Å². The number of fused-ring (bicyclic) bond motifs is 1. The number of aryl methyl sites for hydroxylation is 1. The number of hydrogen-bond donors (Lipinski definition) is 1. The van der Waals surface area contributed by atoms with Crippen LogP contribution in [0.25, 0.3) is 0 Å². The molecule has 1 aliphatic carbocycles. The zero-order chi connectivity index (χ0) is 13.2. The zero-order valence-electron chi connectivity index (χ0n) is 10.7. The van der Waals surface area contributed by atoms with E-state index in [1.165, 1.54) is 0 Å². The number of anilines is 1. The molecule has 98 valence electrons. The predicted octanol–water partition coefficient (Wildman–Crippen LogP) is 2.45. The van der Waals surface area contributed by atoms with Gasteiger partial charge in [0.2, 0.25) is 0 Å². The monoisotopic (exact) mass is 257 g/mol. The number of carbonyl (C=O) groups is 1. The fourth-order valence-electron chi connectivity index (χ4n) is 2.38. The normalized spacial score (nSPS) is 17.8. The molecule has 0 spiro atoms. The summed E-state index contributed by atoms with van der Waals surface area (Å²) in [5, 5.41) is 6.73. The van der Waals surface area contributed by atoms with Crippen molar-refractivity contribution in [3.8, 4) is 0 Å². The van der Waals surface area contributed by atoms with Gasteiger partial charge in [0.25, 0.3) is 5.91 Å². The molecule has 2 aromatic rings. The summed E-state index contributed by atoms with van der Waals surface area (Å²) in [7, 11) is 0. The molecule has 0 unspecified atom stereocenters. The molecule has 0 radical (unpaired) electrons. The maximum atomic E-state index is 12.2. The Labute approximate surface area is 111 Å². The van der Waals surface area contributed by atoms with Gasteiger partial charge >= 0.3 is 0 Å². The first-order valence-electron chi connectivity index (χ1n) is 6.43. The van der Waals surface area contributed by atoms with E-state index in [4.69, 9.17) is 4.52 Å². The van der Waals surface area contributed by atoms with E-state index < -0.39 is 0 Å². The lowest BCUT2D eigenvalue weighted by Crippen LogP contribution is -2.17. The average Bonchev–Trinajstić information content (AvgIpc) is 2.82. The lowest BCUT2D eigenvalue weighted by molar-refractivity contribution is 0.101. The van der Waals surface area contributed by atoms with Crippen molar-refractivity contribution >= 4 is 11.6 Å². The molecule has 2 heterocycles. The Morgan fingerprint density at radius 3 is 3.00 bits per heavy atom. The van der Waals surface area contributed by atoms with Crippen LogP contribution in [0.15, 0.2) is 29.0 Å². The molecule has 5 nitrogen and oxygen atoms in total. The van der Waals surface area contributed by atoms with Crippen LogP contribution in [0.5, 0.6) is 0 Å². The first kappa shape index (κ1) is 11.9. The molecule has 1 atom stereocenters. The Morgan fingerprint density at radius 1 is 1.42 bits per heavy atom. The first-order chi connectivity index (χ1) is 9.24. The van der Waals surface area contributed by atoms with Crippen LogP contribution in [0.2, 0.25) is 0 Å². The van der Waals surface area contributed by atoms with Gasteiger partial charge in [-0.15, -0.1) is 0 Å². The third-order valence-corrected chi connectivity index (χ3v) is 3.44. The molecule has 0 fully saturated rings. The van der Waals surface area contributed by atoms with Crippen molar-refractivity contribution in [2.24, 2.45) is 5.92 Å². The number of nitrogens with zero attached hydrogens (tertiary/aromatic N) is 2. The molecule has 5 heteroatoms. The Kier molecular flexibility index (Phi) is 3.03. The van der Waals surface area contributed by atoms with Crippen molar-refractivity contribution in [3.63, 3.8) is 0 Å². The predicted molar refractivity (Wildman–Crippen MR) is 69.9 cm³/mol. The van der Waals surface area contributed by atoms with Crippen molar-refractivity contribution in [3.05, 3.63) is 41.5 Å². The van der Waals surface area contributed by atoms with Gasteiger partial charge in [-0.2, -0.15) is 0 Å². The standard InChI is InChI=1S/C14H15N3O2/c1-9-2-3-12-11(8-9)13(17-19-12)14(18)16-10-4-6-15-7-5-10/h4-7,9H,2-3,8H2,1H3,(H,15,16,18)/t9-/m1/s1. The van der Waals surface area contributed by atoms with E-state index in [9.17, 15) is 4.79 Å². The summed E-state index contributed by atoms with van der Waals surface area (Å²) >= 11 is 0. The van der Waals surface area contributed by atoms with Crippen molar-refractivity contribution in [1.29, 1.82) is 0 Å². The lowest BCUT2D eigenvalue weighted by Gasteiger charge is -2.16.